The Balaban J connectivity index is 1.54. The molecule has 2 aromatic rings. The Morgan fingerprint density at radius 3 is 2.69 bits per heavy atom. The highest BCUT2D eigenvalue weighted by atomic mass is 16.5. The van der Waals surface area contributed by atoms with Crippen LogP contribution in [0.5, 0.6) is 11.5 Å². The molecule has 0 saturated carbocycles. The molecular weight excluding hydrogens is 326 g/mol. The van der Waals surface area contributed by atoms with Crippen LogP contribution in [-0.2, 0) is 11.3 Å². The average Bonchev–Trinajstić information content (AvgIpc) is 3.20. The van der Waals surface area contributed by atoms with Gasteiger partial charge < -0.3 is 19.5 Å². The average molecular weight is 355 g/mol. The summed E-state index contributed by atoms with van der Waals surface area (Å²) in [5.41, 5.74) is 2.21. The maximum absolute atomic E-state index is 5.98. The number of para-hydroxylation sites is 2. The van der Waals surface area contributed by atoms with Gasteiger partial charge in [-0.3, -0.25) is 0 Å². The maximum atomic E-state index is 5.98. The molecule has 1 aliphatic heterocycles. The summed E-state index contributed by atoms with van der Waals surface area (Å²) in [6.07, 6.45) is 3.69. The van der Waals surface area contributed by atoms with E-state index in [2.05, 4.69) is 31.3 Å². The molecular formula is C22H29NO3. The quantitative estimate of drug-likeness (QED) is 0.684. The molecule has 1 heterocycles. The highest BCUT2D eigenvalue weighted by molar-refractivity contribution is 5.56. The van der Waals surface area contributed by atoms with Gasteiger partial charge in [-0.15, -0.1) is 0 Å². The molecule has 1 saturated heterocycles. The summed E-state index contributed by atoms with van der Waals surface area (Å²) in [5, 5.41) is 3.47. The van der Waals surface area contributed by atoms with E-state index in [9.17, 15) is 0 Å². The van der Waals surface area contributed by atoms with Gasteiger partial charge in [-0.25, -0.2) is 0 Å². The lowest BCUT2D eigenvalue weighted by molar-refractivity contribution is 0.0682. The predicted molar refractivity (Wildman–Crippen MR) is 105 cm³/mol. The summed E-state index contributed by atoms with van der Waals surface area (Å²) in [6.45, 7) is 6.42. The van der Waals surface area contributed by atoms with Gasteiger partial charge in [-0.2, -0.15) is 0 Å². The number of anilines is 1. The first-order valence-electron chi connectivity index (χ1n) is 9.57. The maximum Gasteiger partial charge on any atom is 0.142 e. The highest BCUT2D eigenvalue weighted by Crippen LogP contribution is 2.26. The van der Waals surface area contributed by atoms with Gasteiger partial charge in [-0.05, 0) is 56.0 Å². The fourth-order valence-electron chi connectivity index (χ4n) is 2.90. The van der Waals surface area contributed by atoms with E-state index in [0.717, 1.165) is 49.6 Å². The van der Waals surface area contributed by atoms with Crippen LogP contribution in [0.3, 0.4) is 0 Å². The van der Waals surface area contributed by atoms with Gasteiger partial charge in [0.1, 0.15) is 18.1 Å². The SMILES string of the molecule is CCC(C)Oc1ccc(CNc2ccccc2OCC2CCCO2)cc1. The van der Waals surface area contributed by atoms with Crippen molar-refractivity contribution in [3.05, 3.63) is 54.1 Å². The van der Waals surface area contributed by atoms with Gasteiger partial charge in [0.25, 0.3) is 0 Å². The third kappa shape index (κ3) is 5.40. The van der Waals surface area contributed by atoms with Gasteiger partial charge in [-0.1, -0.05) is 31.2 Å². The second-order valence-corrected chi connectivity index (χ2v) is 6.78. The van der Waals surface area contributed by atoms with E-state index >= 15 is 0 Å². The fraction of sp³-hybridized carbons (Fsp3) is 0.455. The van der Waals surface area contributed by atoms with Crippen molar-refractivity contribution in [2.24, 2.45) is 0 Å². The number of nitrogens with one attached hydrogen (secondary N) is 1. The molecule has 0 radical (unpaired) electrons. The van der Waals surface area contributed by atoms with Gasteiger partial charge in [0.15, 0.2) is 0 Å². The summed E-state index contributed by atoms with van der Waals surface area (Å²) >= 11 is 0. The molecule has 4 heteroatoms. The molecule has 26 heavy (non-hydrogen) atoms. The largest absolute Gasteiger partial charge is 0.491 e. The van der Waals surface area contributed by atoms with Crippen LogP contribution >= 0.6 is 0 Å². The van der Waals surface area contributed by atoms with Crippen molar-refractivity contribution in [3.8, 4) is 11.5 Å². The Morgan fingerprint density at radius 2 is 1.96 bits per heavy atom. The molecule has 4 nitrogen and oxygen atoms in total. The molecule has 1 aliphatic rings. The zero-order valence-corrected chi connectivity index (χ0v) is 15.7. The zero-order chi connectivity index (χ0) is 18.2. The second-order valence-electron chi connectivity index (χ2n) is 6.78. The van der Waals surface area contributed by atoms with Crippen molar-refractivity contribution in [2.45, 2.75) is 51.9 Å². The molecule has 0 aromatic heterocycles. The lowest BCUT2D eigenvalue weighted by Crippen LogP contribution is -2.16. The molecule has 140 valence electrons. The molecule has 3 rings (SSSR count). The zero-order valence-electron chi connectivity index (χ0n) is 15.7. The lowest BCUT2D eigenvalue weighted by Gasteiger charge is -2.16. The number of rotatable bonds is 9. The van der Waals surface area contributed by atoms with Crippen molar-refractivity contribution in [1.29, 1.82) is 0 Å². The second kappa shape index (κ2) is 9.48. The predicted octanol–water partition coefficient (Wildman–Crippen LogP) is 5.03. The highest BCUT2D eigenvalue weighted by Gasteiger charge is 2.16. The van der Waals surface area contributed by atoms with Crippen LogP contribution in [0.4, 0.5) is 5.69 Å². The van der Waals surface area contributed by atoms with Crippen LogP contribution < -0.4 is 14.8 Å². The minimum absolute atomic E-state index is 0.223. The summed E-state index contributed by atoms with van der Waals surface area (Å²) in [6, 6.07) is 16.3. The van der Waals surface area contributed by atoms with Crippen molar-refractivity contribution in [3.63, 3.8) is 0 Å². The first-order valence-corrected chi connectivity index (χ1v) is 9.57. The summed E-state index contributed by atoms with van der Waals surface area (Å²) in [5.74, 6) is 1.79. The van der Waals surface area contributed by atoms with E-state index in [1.807, 2.05) is 36.4 Å². The Morgan fingerprint density at radius 1 is 1.15 bits per heavy atom. The topological polar surface area (TPSA) is 39.7 Å². The van der Waals surface area contributed by atoms with E-state index in [0.29, 0.717) is 6.61 Å². The minimum atomic E-state index is 0.223. The van der Waals surface area contributed by atoms with Crippen molar-refractivity contribution in [1.82, 2.24) is 0 Å². The molecule has 2 aromatic carbocycles. The Hall–Kier alpha value is -2.20. The van der Waals surface area contributed by atoms with Crippen LogP contribution in [0, 0.1) is 0 Å². The normalized spacial score (nSPS) is 17.7. The number of hydrogen-bond acceptors (Lipinski definition) is 4. The molecule has 1 N–H and O–H groups in total. The molecule has 0 aliphatic carbocycles. The van der Waals surface area contributed by atoms with Crippen LogP contribution in [0.15, 0.2) is 48.5 Å². The van der Waals surface area contributed by atoms with Crippen LogP contribution in [0.2, 0.25) is 0 Å². The lowest BCUT2D eigenvalue weighted by atomic mass is 10.2. The standard InChI is InChI=1S/C22H29NO3/c1-3-17(2)26-19-12-10-18(11-13-19)15-23-21-8-4-5-9-22(21)25-16-20-7-6-14-24-20/h4-5,8-13,17,20,23H,3,6-7,14-16H2,1-2H3. The molecule has 1 fully saturated rings. The van der Waals surface area contributed by atoms with Crippen LogP contribution in [-0.4, -0.2) is 25.4 Å². The molecule has 0 spiro atoms. The Bertz CT molecular complexity index is 665. The van der Waals surface area contributed by atoms with Gasteiger partial charge in [0.05, 0.1) is 17.9 Å². The van der Waals surface area contributed by atoms with E-state index in [4.69, 9.17) is 14.2 Å². The van der Waals surface area contributed by atoms with Gasteiger partial charge in [0.2, 0.25) is 0 Å². The third-order valence-corrected chi connectivity index (χ3v) is 4.65. The van der Waals surface area contributed by atoms with Crippen LogP contribution in [0.25, 0.3) is 0 Å². The number of benzene rings is 2. The van der Waals surface area contributed by atoms with Gasteiger partial charge >= 0.3 is 0 Å². The molecule has 2 atom stereocenters. The number of hydrogen-bond donors (Lipinski definition) is 1. The van der Waals surface area contributed by atoms with E-state index in [-0.39, 0.29) is 12.2 Å². The third-order valence-electron chi connectivity index (χ3n) is 4.65. The van der Waals surface area contributed by atoms with E-state index in [1.54, 1.807) is 0 Å². The minimum Gasteiger partial charge on any atom is -0.491 e. The first-order chi connectivity index (χ1) is 12.7. The van der Waals surface area contributed by atoms with Crippen molar-refractivity contribution >= 4 is 5.69 Å². The smallest absolute Gasteiger partial charge is 0.142 e. The van der Waals surface area contributed by atoms with Crippen molar-refractivity contribution < 1.29 is 14.2 Å². The summed E-state index contributed by atoms with van der Waals surface area (Å²) < 4.78 is 17.4. The van der Waals surface area contributed by atoms with Crippen LogP contribution in [0.1, 0.15) is 38.7 Å². The Labute approximate surface area is 156 Å². The van der Waals surface area contributed by atoms with Gasteiger partial charge in [0, 0.05) is 13.2 Å². The Kier molecular flexibility index (Phi) is 6.78. The molecule has 0 amide bonds. The molecule has 2 unspecified atom stereocenters. The monoisotopic (exact) mass is 355 g/mol. The molecule has 0 bridgehead atoms. The summed E-state index contributed by atoms with van der Waals surface area (Å²) in [4.78, 5) is 0. The summed E-state index contributed by atoms with van der Waals surface area (Å²) in [7, 11) is 0. The van der Waals surface area contributed by atoms with Crippen molar-refractivity contribution in [2.75, 3.05) is 18.5 Å². The first kappa shape index (κ1) is 18.6. The van der Waals surface area contributed by atoms with E-state index in [1.165, 1.54) is 5.56 Å². The number of ether oxygens (including phenoxy) is 3. The fourth-order valence-corrected chi connectivity index (χ4v) is 2.90. The van der Waals surface area contributed by atoms with E-state index < -0.39 is 0 Å².